The van der Waals surface area contributed by atoms with Gasteiger partial charge in [-0.15, -0.1) is 0 Å². The largest absolute Gasteiger partial charge is 0.370 e. The lowest BCUT2D eigenvalue weighted by Crippen LogP contribution is -2.39. The predicted molar refractivity (Wildman–Crippen MR) is 52.4 cm³/mol. The first-order valence-corrected chi connectivity index (χ1v) is 4.32. The number of Topliss-reactive ketones (excluding diaryl/α,β-unsaturated/α-hetero) is 1. The van der Waals surface area contributed by atoms with Crippen molar-refractivity contribution in [3.63, 3.8) is 0 Å². The van der Waals surface area contributed by atoms with Crippen LogP contribution in [-0.4, -0.2) is 24.3 Å². The van der Waals surface area contributed by atoms with Crippen LogP contribution in [0.15, 0.2) is 0 Å². The number of nitrogens with one attached hydrogen (secondary N) is 2. The molecule has 0 aromatic heterocycles. The van der Waals surface area contributed by atoms with Gasteiger partial charge in [0, 0.05) is 12.5 Å². The molecule has 0 amide bonds. The molecule has 5 heteroatoms. The average molecular weight is 186 g/mol. The molecular weight excluding hydrogens is 168 g/mol. The van der Waals surface area contributed by atoms with Gasteiger partial charge in [-0.25, -0.2) is 0 Å². The zero-order valence-electron chi connectivity index (χ0n) is 8.13. The minimum atomic E-state index is -0.452. The van der Waals surface area contributed by atoms with Crippen LogP contribution in [0.5, 0.6) is 0 Å². The van der Waals surface area contributed by atoms with Gasteiger partial charge in [-0.05, 0) is 6.42 Å². The second kappa shape index (κ2) is 5.53. The lowest BCUT2D eigenvalue weighted by molar-refractivity contribution is -0.123. The minimum Gasteiger partial charge on any atom is -0.370 e. The molecule has 0 bridgehead atoms. The first-order valence-electron chi connectivity index (χ1n) is 4.32. The van der Waals surface area contributed by atoms with E-state index in [1.807, 2.05) is 13.8 Å². The van der Waals surface area contributed by atoms with Gasteiger partial charge in [0.2, 0.25) is 0 Å². The summed E-state index contributed by atoms with van der Waals surface area (Å²) in [4.78, 5) is 11.3. The Bertz CT molecular complexity index is 191. The first kappa shape index (κ1) is 11.9. The van der Waals surface area contributed by atoms with Gasteiger partial charge < -0.3 is 16.8 Å². The van der Waals surface area contributed by atoms with E-state index < -0.39 is 6.04 Å². The third-order valence-corrected chi connectivity index (χ3v) is 1.71. The fourth-order valence-electron chi connectivity index (χ4n) is 0.933. The van der Waals surface area contributed by atoms with Crippen LogP contribution in [0.25, 0.3) is 0 Å². The van der Waals surface area contributed by atoms with Crippen molar-refractivity contribution in [1.82, 2.24) is 5.32 Å². The second-order valence-electron chi connectivity index (χ2n) is 3.29. The molecule has 0 saturated carbocycles. The van der Waals surface area contributed by atoms with Crippen LogP contribution in [0.2, 0.25) is 0 Å². The van der Waals surface area contributed by atoms with Gasteiger partial charge in [0.25, 0.3) is 0 Å². The number of carbonyl (C=O) groups excluding carboxylic acids is 1. The third-order valence-electron chi connectivity index (χ3n) is 1.71. The molecule has 0 rings (SSSR count). The summed E-state index contributed by atoms with van der Waals surface area (Å²) in [6.45, 7) is 4.11. The highest BCUT2D eigenvalue weighted by atomic mass is 16.1. The summed E-state index contributed by atoms with van der Waals surface area (Å²) in [7, 11) is 0. The third kappa shape index (κ3) is 5.19. The van der Waals surface area contributed by atoms with E-state index in [4.69, 9.17) is 16.9 Å². The van der Waals surface area contributed by atoms with Crippen LogP contribution in [0.1, 0.15) is 20.3 Å². The molecule has 0 heterocycles. The molecule has 0 fully saturated rings. The summed E-state index contributed by atoms with van der Waals surface area (Å²) in [6.07, 6.45) is 0.511. The van der Waals surface area contributed by atoms with E-state index in [1.54, 1.807) is 0 Å². The highest BCUT2D eigenvalue weighted by Crippen LogP contribution is 2.00. The van der Waals surface area contributed by atoms with Crippen molar-refractivity contribution in [2.75, 3.05) is 6.54 Å². The van der Waals surface area contributed by atoms with E-state index in [0.717, 1.165) is 0 Å². The number of nitrogens with two attached hydrogens (primary N) is 2. The average Bonchev–Trinajstić information content (AvgIpc) is 2.02. The van der Waals surface area contributed by atoms with Crippen LogP contribution in [0.3, 0.4) is 0 Å². The van der Waals surface area contributed by atoms with Crippen LogP contribution in [-0.2, 0) is 4.79 Å². The number of hydrogen-bond donors (Lipinski definition) is 4. The molecule has 0 aliphatic heterocycles. The van der Waals surface area contributed by atoms with Crippen molar-refractivity contribution in [1.29, 1.82) is 5.41 Å². The van der Waals surface area contributed by atoms with Gasteiger partial charge in [0.15, 0.2) is 11.7 Å². The van der Waals surface area contributed by atoms with E-state index in [-0.39, 0.29) is 17.7 Å². The molecule has 13 heavy (non-hydrogen) atoms. The van der Waals surface area contributed by atoms with Gasteiger partial charge in [0.1, 0.15) is 0 Å². The molecule has 0 saturated heterocycles. The molecule has 0 aromatic carbocycles. The Morgan fingerprint density at radius 3 is 2.46 bits per heavy atom. The number of carbonyl (C=O) groups is 1. The molecular formula is C8H18N4O. The molecule has 0 spiro atoms. The molecule has 0 aliphatic rings. The van der Waals surface area contributed by atoms with E-state index in [9.17, 15) is 4.79 Å². The maximum atomic E-state index is 11.3. The number of guanidine groups is 1. The Morgan fingerprint density at radius 1 is 1.54 bits per heavy atom. The summed E-state index contributed by atoms with van der Waals surface area (Å²) in [5.74, 6) is -0.0816. The number of hydrogen-bond acceptors (Lipinski definition) is 3. The summed E-state index contributed by atoms with van der Waals surface area (Å²) >= 11 is 0. The monoisotopic (exact) mass is 186 g/mol. The van der Waals surface area contributed by atoms with Gasteiger partial charge in [0.05, 0.1) is 6.04 Å². The van der Waals surface area contributed by atoms with Gasteiger partial charge in [-0.1, -0.05) is 13.8 Å². The second-order valence-corrected chi connectivity index (χ2v) is 3.29. The molecule has 76 valence electrons. The van der Waals surface area contributed by atoms with Crippen molar-refractivity contribution in [3.05, 3.63) is 0 Å². The van der Waals surface area contributed by atoms with Gasteiger partial charge in [-0.2, -0.15) is 0 Å². The van der Waals surface area contributed by atoms with Crippen LogP contribution >= 0.6 is 0 Å². The lowest BCUT2D eigenvalue weighted by atomic mass is 10.0. The summed E-state index contributed by atoms with van der Waals surface area (Å²) < 4.78 is 0. The van der Waals surface area contributed by atoms with Crippen molar-refractivity contribution in [2.24, 2.45) is 17.4 Å². The minimum absolute atomic E-state index is 0.0349. The summed E-state index contributed by atoms with van der Waals surface area (Å²) in [5, 5.41) is 9.47. The highest BCUT2D eigenvalue weighted by molar-refractivity contribution is 5.85. The van der Waals surface area contributed by atoms with Crippen LogP contribution in [0, 0.1) is 11.3 Å². The predicted octanol–water partition coefficient (Wildman–Crippen LogP) is -0.588. The topological polar surface area (TPSA) is 105 Å². The molecule has 0 radical (unpaired) electrons. The number of ketones is 1. The maximum Gasteiger partial charge on any atom is 0.185 e. The molecule has 0 aliphatic carbocycles. The Hall–Kier alpha value is -1.10. The Morgan fingerprint density at radius 2 is 2.08 bits per heavy atom. The van der Waals surface area contributed by atoms with E-state index in [0.29, 0.717) is 13.0 Å². The smallest absolute Gasteiger partial charge is 0.185 e. The Kier molecular flexibility index (Phi) is 5.06. The molecule has 6 N–H and O–H groups in total. The van der Waals surface area contributed by atoms with E-state index >= 15 is 0 Å². The summed E-state index contributed by atoms with van der Waals surface area (Å²) in [6, 6.07) is -0.452. The van der Waals surface area contributed by atoms with Crippen molar-refractivity contribution >= 4 is 11.7 Å². The molecule has 0 aromatic rings. The van der Waals surface area contributed by atoms with Crippen LogP contribution in [0.4, 0.5) is 0 Å². The fraction of sp³-hybridized carbons (Fsp3) is 0.750. The maximum absolute atomic E-state index is 11.3. The van der Waals surface area contributed by atoms with Gasteiger partial charge >= 0.3 is 0 Å². The fourth-order valence-corrected chi connectivity index (χ4v) is 0.933. The van der Waals surface area contributed by atoms with Gasteiger partial charge in [-0.3, -0.25) is 10.2 Å². The molecule has 1 unspecified atom stereocenters. The molecule has 1 atom stereocenters. The van der Waals surface area contributed by atoms with Crippen LogP contribution < -0.4 is 16.8 Å². The van der Waals surface area contributed by atoms with E-state index in [2.05, 4.69) is 5.32 Å². The highest BCUT2D eigenvalue weighted by Gasteiger charge is 2.15. The zero-order chi connectivity index (χ0) is 10.4. The molecule has 5 nitrogen and oxygen atoms in total. The zero-order valence-corrected chi connectivity index (χ0v) is 8.13. The van der Waals surface area contributed by atoms with E-state index in [1.165, 1.54) is 0 Å². The standard InChI is InChI=1S/C8H18N4O/c1-5(2)7(13)6(9)3-4-12-8(10)11/h5-6H,3-4,9H2,1-2H3,(H4,10,11,12). The normalized spacial score (nSPS) is 12.6. The Balaban J connectivity index is 3.68. The van der Waals surface area contributed by atoms with Crippen molar-refractivity contribution in [3.8, 4) is 0 Å². The lowest BCUT2D eigenvalue weighted by Gasteiger charge is -2.12. The SMILES string of the molecule is CC(C)C(=O)C(N)CCNC(=N)N. The Labute approximate surface area is 78.4 Å². The van der Waals surface area contributed by atoms with Crippen molar-refractivity contribution < 1.29 is 4.79 Å². The quantitative estimate of drug-likeness (QED) is 0.340. The summed E-state index contributed by atoms with van der Waals surface area (Å²) in [5.41, 5.74) is 10.7. The van der Waals surface area contributed by atoms with Crippen molar-refractivity contribution in [2.45, 2.75) is 26.3 Å². The first-order chi connectivity index (χ1) is 5.95. The number of rotatable bonds is 5.